The molecule has 3 N–H and O–H groups in total. The zero-order valence-electron chi connectivity index (χ0n) is 21.0. The fraction of sp³-hybridized carbons (Fsp3) is 0.133. The summed E-state index contributed by atoms with van der Waals surface area (Å²) in [6.45, 7) is 1.76. The molecule has 0 aliphatic rings. The number of rotatable bonds is 11. The van der Waals surface area contributed by atoms with Crippen molar-refractivity contribution in [2.45, 2.75) is 26.6 Å². The molecule has 4 aromatic rings. The van der Waals surface area contributed by atoms with Gasteiger partial charge in [-0.25, -0.2) is 14.5 Å². The Bertz CT molecular complexity index is 1440. The Balaban J connectivity index is 1.31. The smallest absolute Gasteiger partial charge is 0.344 e. The fourth-order valence-electron chi connectivity index (χ4n) is 3.87. The number of carbonyl (C=O) groups excluding carboxylic acids is 1. The van der Waals surface area contributed by atoms with Crippen LogP contribution in [0.5, 0.6) is 17.2 Å². The Labute approximate surface area is 224 Å². The van der Waals surface area contributed by atoms with Crippen LogP contribution in [-0.4, -0.2) is 27.4 Å². The maximum Gasteiger partial charge on any atom is 0.344 e. The average molecular weight is 531 g/mol. The quantitative estimate of drug-likeness (QED) is 0.0965. The van der Waals surface area contributed by atoms with Gasteiger partial charge in [0.05, 0.1) is 11.1 Å². The summed E-state index contributed by atoms with van der Waals surface area (Å²) in [6.07, 6.45) is 0.619. The molecule has 0 aliphatic carbocycles. The molecule has 0 unspecified atom stereocenters. The van der Waals surface area contributed by atoms with Crippen LogP contribution in [0.15, 0.2) is 84.9 Å². The zero-order chi connectivity index (χ0) is 27.8. The molecule has 0 saturated carbocycles. The summed E-state index contributed by atoms with van der Waals surface area (Å²) in [5, 5.41) is 27.6. The van der Waals surface area contributed by atoms with Gasteiger partial charge >= 0.3 is 11.9 Å². The lowest BCUT2D eigenvalue weighted by Gasteiger charge is -2.10. The average Bonchev–Trinajstić information content (AvgIpc) is 2.92. The maximum absolute atomic E-state index is 12.6. The third-order valence-corrected chi connectivity index (χ3v) is 5.87. The van der Waals surface area contributed by atoms with Gasteiger partial charge in [-0.3, -0.25) is 5.26 Å². The Hall–Kier alpha value is -4.70. The molecule has 0 aromatic heterocycles. The van der Waals surface area contributed by atoms with Crippen molar-refractivity contribution in [3.63, 3.8) is 0 Å². The number of esters is 1. The van der Waals surface area contributed by atoms with E-state index in [0.717, 1.165) is 16.7 Å². The van der Waals surface area contributed by atoms with Crippen LogP contribution in [-0.2, 0) is 29.4 Å². The molecule has 39 heavy (non-hydrogen) atoms. The van der Waals surface area contributed by atoms with Crippen LogP contribution < -0.4 is 9.62 Å². The number of ether oxygens (including phenoxy) is 1. The summed E-state index contributed by atoms with van der Waals surface area (Å²) in [5.41, 5.74) is 3.89. The van der Waals surface area contributed by atoms with Crippen molar-refractivity contribution >= 4 is 11.9 Å². The summed E-state index contributed by atoms with van der Waals surface area (Å²) in [7, 11) is 0. The monoisotopic (exact) mass is 530 g/mol. The molecule has 0 aliphatic heterocycles. The van der Waals surface area contributed by atoms with Crippen LogP contribution in [0.4, 0.5) is 0 Å². The first-order valence-corrected chi connectivity index (χ1v) is 11.9. The molecule has 0 saturated heterocycles. The predicted octanol–water partition coefficient (Wildman–Crippen LogP) is 5.71. The van der Waals surface area contributed by atoms with Gasteiger partial charge in [0.2, 0.25) is 0 Å². The molecule has 9 heteroatoms. The highest BCUT2D eigenvalue weighted by atomic mass is 17.2. The van der Waals surface area contributed by atoms with Crippen molar-refractivity contribution in [2.24, 2.45) is 0 Å². The highest BCUT2D eigenvalue weighted by molar-refractivity contribution is 6.03. The number of phenols is 1. The number of hydrogen-bond acceptors (Lipinski definition) is 8. The van der Waals surface area contributed by atoms with E-state index in [-0.39, 0.29) is 30.1 Å². The van der Waals surface area contributed by atoms with Gasteiger partial charge in [-0.2, -0.15) is 4.89 Å². The minimum atomic E-state index is -1.19. The second-order valence-corrected chi connectivity index (χ2v) is 8.78. The number of aromatic hydroxyl groups is 1. The topological polar surface area (TPSA) is 132 Å². The van der Waals surface area contributed by atoms with Crippen molar-refractivity contribution < 1.29 is 44.5 Å². The highest BCUT2D eigenvalue weighted by Crippen LogP contribution is 2.22. The number of phenolic OH excluding ortho intramolecular Hbond substituents is 1. The second kappa shape index (κ2) is 12.7. The Morgan fingerprint density at radius 1 is 0.744 bits per heavy atom. The molecule has 4 aromatic carbocycles. The van der Waals surface area contributed by atoms with E-state index in [2.05, 4.69) is 4.89 Å². The summed E-state index contributed by atoms with van der Waals surface area (Å²) in [5.74, 6) is -1.07. The molecule has 0 spiro atoms. The van der Waals surface area contributed by atoms with Crippen molar-refractivity contribution in [1.82, 2.24) is 0 Å². The molecule has 0 atom stereocenters. The van der Waals surface area contributed by atoms with E-state index in [1.54, 1.807) is 43.3 Å². The minimum Gasteiger partial charge on any atom is -0.508 e. The Morgan fingerprint density at radius 2 is 1.41 bits per heavy atom. The molecule has 4 rings (SSSR count). The van der Waals surface area contributed by atoms with Crippen LogP contribution in [0.25, 0.3) is 0 Å². The van der Waals surface area contributed by atoms with E-state index in [0.29, 0.717) is 29.0 Å². The largest absolute Gasteiger partial charge is 0.508 e. The number of aryl methyl sites for hydroxylation is 1. The van der Waals surface area contributed by atoms with E-state index >= 15 is 0 Å². The van der Waals surface area contributed by atoms with Crippen molar-refractivity contribution in [3.05, 3.63) is 124 Å². The summed E-state index contributed by atoms with van der Waals surface area (Å²) in [4.78, 5) is 38.8. The SMILES string of the molecule is Cc1ccc(C(=O)O)c(C(=O)Oc2ccc(Cc3ccc(OOCc4ccc(O)cc4COO)cc3)cc2)c1. The first-order valence-electron chi connectivity index (χ1n) is 11.9. The number of aromatic carboxylic acids is 1. The van der Waals surface area contributed by atoms with Crippen molar-refractivity contribution in [3.8, 4) is 17.2 Å². The third-order valence-electron chi connectivity index (χ3n) is 5.87. The number of carboxylic acids is 1. The van der Waals surface area contributed by atoms with Gasteiger partial charge in [-0.05, 0) is 84.1 Å². The Morgan fingerprint density at radius 3 is 2.05 bits per heavy atom. The molecule has 0 radical (unpaired) electrons. The van der Waals surface area contributed by atoms with Crippen LogP contribution in [0.3, 0.4) is 0 Å². The molecular formula is C30H26O9. The first kappa shape index (κ1) is 27.3. The predicted molar refractivity (Wildman–Crippen MR) is 140 cm³/mol. The van der Waals surface area contributed by atoms with Gasteiger partial charge < -0.3 is 19.8 Å². The van der Waals surface area contributed by atoms with Gasteiger partial charge in [0.25, 0.3) is 0 Å². The highest BCUT2D eigenvalue weighted by Gasteiger charge is 2.18. The molecule has 9 nitrogen and oxygen atoms in total. The van der Waals surface area contributed by atoms with Crippen LogP contribution in [0, 0.1) is 6.92 Å². The first-order chi connectivity index (χ1) is 18.8. The fourth-order valence-corrected chi connectivity index (χ4v) is 3.87. The lowest BCUT2D eigenvalue weighted by atomic mass is 10.0. The molecule has 0 fully saturated rings. The van der Waals surface area contributed by atoms with E-state index in [1.807, 2.05) is 24.3 Å². The number of benzene rings is 4. The molecule has 0 bridgehead atoms. The molecule has 0 amide bonds. The van der Waals surface area contributed by atoms with Gasteiger partial charge in [0.1, 0.15) is 24.7 Å². The normalized spacial score (nSPS) is 10.7. The Kier molecular flexibility index (Phi) is 8.90. The summed E-state index contributed by atoms with van der Waals surface area (Å²) in [6, 6.07) is 23.4. The van der Waals surface area contributed by atoms with E-state index in [4.69, 9.17) is 19.8 Å². The van der Waals surface area contributed by atoms with E-state index in [1.165, 1.54) is 24.3 Å². The van der Waals surface area contributed by atoms with Crippen LogP contribution in [0.2, 0.25) is 0 Å². The molecular weight excluding hydrogens is 504 g/mol. The lowest BCUT2D eigenvalue weighted by molar-refractivity contribution is -0.253. The van der Waals surface area contributed by atoms with E-state index < -0.39 is 11.9 Å². The number of carbonyl (C=O) groups is 2. The lowest BCUT2D eigenvalue weighted by Crippen LogP contribution is -2.14. The van der Waals surface area contributed by atoms with Crippen molar-refractivity contribution in [1.29, 1.82) is 0 Å². The molecule has 0 heterocycles. The van der Waals surface area contributed by atoms with E-state index in [9.17, 15) is 19.8 Å². The van der Waals surface area contributed by atoms with Gasteiger partial charge in [0, 0.05) is 0 Å². The molecule has 200 valence electrons. The van der Waals surface area contributed by atoms with Gasteiger partial charge in [0.15, 0.2) is 5.75 Å². The van der Waals surface area contributed by atoms with Crippen LogP contribution in [0.1, 0.15) is 48.5 Å². The maximum atomic E-state index is 12.6. The van der Waals surface area contributed by atoms with Crippen LogP contribution >= 0.6 is 0 Å². The number of hydrogen-bond donors (Lipinski definition) is 3. The van der Waals surface area contributed by atoms with Gasteiger partial charge in [-0.15, -0.1) is 0 Å². The van der Waals surface area contributed by atoms with Crippen molar-refractivity contribution in [2.75, 3.05) is 0 Å². The third kappa shape index (κ3) is 7.42. The summed E-state index contributed by atoms with van der Waals surface area (Å²) < 4.78 is 5.40. The second-order valence-electron chi connectivity index (χ2n) is 8.78. The van der Waals surface area contributed by atoms with Gasteiger partial charge in [-0.1, -0.05) is 42.0 Å². The summed E-state index contributed by atoms with van der Waals surface area (Å²) >= 11 is 0. The minimum absolute atomic E-state index is 0.000506. The standard InChI is InChI=1S/C30H26O9/c1-19-2-13-27(29(32)33)28(14-19)30(34)38-25-9-3-20(4-10-25)15-21-5-11-26(12-6-21)39-37-18-22-7-8-24(31)16-23(22)17-36-35/h2-14,16,31,35H,15,17-18H2,1H3,(H,32,33). The number of carboxylic acid groups (broad SMARTS) is 1. The zero-order valence-corrected chi connectivity index (χ0v) is 21.0.